The number of anilines is 1. The molecule has 0 radical (unpaired) electrons. The van der Waals surface area contributed by atoms with E-state index in [-0.39, 0.29) is 30.5 Å². The molecule has 2 amide bonds. The van der Waals surface area contributed by atoms with E-state index >= 15 is 0 Å². The lowest BCUT2D eigenvalue weighted by Gasteiger charge is -2.27. The zero-order valence-electron chi connectivity index (χ0n) is 25.8. The van der Waals surface area contributed by atoms with Gasteiger partial charge in [-0.2, -0.15) is 0 Å². The number of rotatable bonds is 6. The number of benzene rings is 2. The Hall–Kier alpha value is -4.90. The average molecular weight is 618 g/mol. The maximum atomic E-state index is 13.7. The number of amides is 2. The summed E-state index contributed by atoms with van der Waals surface area (Å²) in [7, 11) is 3.63. The second-order valence-electron chi connectivity index (χ2n) is 13.2. The molecule has 5 heterocycles. The van der Waals surface area contributed by atoms with E-state index in [0.717, 1.165) is 58.7 Å². The van der Waals surface area contributed by atoms with E-state index in [1.807, 2.05) is 48.3 Å². The Morgan fingerprint density at radius 1 is 1.09 bits per heavy atom. The average Bonchev–Trinajstić information content (AvgIpc) is 3.47. The molecule has 46 heavy (non-hydrogen) atoms. The molecule has 0 unspecified atom stereocenters. The molecular weight excluding hydrogens is 582 g/mol. The number of pyridine rings is 1. The summed E-state index contributed by atoms with van der Waals surface area (Å²) in [4.78, 5) is 37.7. The number of methoxy groups -OCH3 is 1. The van der Waals surface area contributed by atoms with Crippen molar-refractivity contribution in [3.05, 3.63) is 54.1 Å². The summed E-state index contributed by atoms with van der Waals surface area (Å²) in [5.41, 5.74) is 12.8. The first kappa shape index (κ1) is 27.4. The van der Waals surface area contributed by atoms with Gasteiger partial charge in [-0.25, -0.2) is 9.97 Å². The number of imidazole rings is 1. The Kier molecular flexibility index (Phi) is 5.99. The van der Waals surface area contributed by atoms with Crippen molar-refractivity contribution in [2.24, 2.45) is 24.6 Å². The van der Waals surface area contributed by atoms with Crippen LogP contribution < -0.4 is 20.5 Å². The van der Waals surface area contributed by atoms with Crippen LogP contribution in [-0.4, -0.2) is 68.2 Å². The topological polar surface area (TPSA) is 130 Å². The summed E-state index contributed by atoms with van der Waals surface area (Å²) >= 11 is 0. The number of hydrogen-bond donors (Lipinski definition) is 2. The van der Waals surface area contributed by atoms with Crippen LogP contribution in [0.2, 0.25) is 0 Å². The molecule has 3 atom stereocenters. The van der Waals surface area contributed by atoms with Gasteiger partial charge in [0.25, 0.3) is 11.8 Å². The summed E-state index contributed by atoms with van der Waals surface area (Å²) in [5, 5.41) is 3.87. The minimum absolute atomic E-state index is 0.00236. The molecule has 11 heteroatoms. The number of aryl methyl sites for hydroxylation is 1. The second kappa shape index (κ2) is 10.1. The molecule has 5 aromatic rings. The third-order valence-electron chi connectivity index (χ3n) is 10.3. The van der Waals surface area contributed by atoms with Gasteiger partial charge >= 0.3 is 0 Å². The first-order valence-electron chi connectivity index (χ1n) is 16.0. The molecule has 4 aliphatic rings. The zero-order valence-corrected chi connectivity index (χ0v) is 25.8. The first-order chi connectivity index (χ1) is 22.4. The highest BCUT2D eigenvalue weighted by Gasteiger charge is 2.47. The first-order valence-corrected chi connectivity index (χ1v) is 16.0. The predicted molar refractivity (Wildman–Crippen MR) is 174 cm³/mol. The largest absolute Gasteiger partial charge is 0.494 e. The van der Waals surface area contributed by atoms with Crippen LogP contribution in [0.25, 0.3) is 44.8 Å². The number of carbonyl (C=O) groups excluding carboxylic acids is 2. The van der Waals surface area contributed by atoms with Gasteiger partial charge in [-0.1, -0.05) is 6.07 Å². The standard InChI is InChI=1S/C35H35N7O4/c1-40-32-25(11-22(14-29(32)45-2)35(44)42-16-21-7-10-26(42)31(21)36)39-34(40)27-12-20-6-8-23(38-33(20)41(27)15-18-3-4-18)19-5-9-24-28(13-19)46-17-30(43)37-24/h5-6,8-9,11-14,18,21,26,31H,3-4,7,10,15-17,36H2,1-2H3,(H,37,43)/t21-,26-,31-/m1/s1. The summed E-state index contributed by atoms with van der Waals surface area (Å²) < 4.78 is 15.9. The molecule has 0 spiro atoms. The Labute approximate surface area is 265 Å². The third-order valence-corrected chi connectivity index (χ3v) is 10.3. The smallest absolute Gasteiger partial charge is 0.262 e. The highest BCUT2D eigenvalue weighted by molar-refractivity contribution is 6.01. The van der Waals surface area contributed by atoms with E-state index in [1.165, 1.54) is 12.8 Å². The maximum absolute atomic E-state index is 13.7. The Bertz CT molecular complexity index is 2090. The van der Waals surface area contributed by atoms with Crippen LogP contribution >= 0.6 is 0 Å². The molecule has 2 saturated carbocycles. The fraction of sp³-hybridized carbons (Fsp3) is 0.371. The van der Waals surface area contributed by atoms with Crippen molar-refractivity contribution in [2.45, 2.75) is 44.3 Å². The molecule has 2 aliphatic carbocycles. The summed E-state index contributed by atoms with van der Waals surface area (Å²) in [6.07, 6.45) is 4.44. The van der Waals surface area contributed by atoms with Gasteiger partial charge in [0.1, 0.15) is 22.7 Å². The quantitative estimate of drug-likeness (QED) is 0.286. The van der Waals surface area contributed by atoms with Gasteiger partial charge in [-0.3, -0.25) is 9.59 Å². The van der Waals surface area contributed by atoms with Crippen LogP contribution in [0.3, 0.4) is 0 Å². The SMILES string of the molecule is COc1cc(C(=O)N2C[C@H]3CC[C@@H]2[C@@H]3N)cc2nc(-c3cc4ccc(-c5ccc6c(c5)OCC(=O)N6)nc4n3CC3CC3)n(C)c12. The summed E-state index contributed by atoms with van der Waals surface area (Å²) in [6, 6.07) is 15.9. The van der Waals surface area contributed by atoms with Crippen LogP contribution in [0, 0.1) is 11.8 Å². The van der Waals surface area contributed by atoms with E-state index < -0.39 is 0 Å². The number of nitrogens with one attached hydrogen (secondary N) is 1. The van der Waals surface area contributed by atoms with Crippen LogP contribution in [0.1, 0.15) is 36.0 Å². The zero-order chi connectivity index (χ0) is 31.3. The van der Waals surface area contributed by atoms with Crippen molar-refractivity contribution in [1.82, 2.24) is 24.0 Å². The molecule has 9 rings (SSSR count). The van der Waals surface area contributed by atoms with E-state index in [1.54, 1.807) is 7.11 Å². The van der Waals surface area contributed by atoms with Gasteiger partial charge in [-0.15, -0.1) is 0 Å². The number of hydrogen-bond acceptors (Lipinski definition) is 7. The van der Waals surface area contributed by atoms with Crippen LogP contribution in [-0.2, 0) is 18.4 Å². The van der Waals surface area contributed by atoms with E-state index in [2.05, 4.69) is 26.6 Å². The van der Waals surface area contributed by atoms with Gasteiger partial charge in [-0.05, 0) is 80.0 Å². The second-order valence-corrected chi connectivity index (χ2v) is 13.2. The normalized spacial score (nSPS) is 21.9. The molecule has 3 aromatic heterocycles. The molecule has 1 saturated heterocycles. The third kappa shape index (κ3) is 4.21. The molecule has 234 valence electrons. The van der Waals surface area contributed by atoms with Crippen molar-refractivity contribution in [3.8, 4) is 34.3 Å². The lowest BCUT2D eigenvalue weighted by atomic mass is 10.1. The Morgan fingerprint density at radius 2 is 1.96 bits per heavy atom. The number of aromatic nitrogens is 4. The van der Waals surface area contributed by atoms with Gasteiger partial charge in [0.15, 0.2) is 12.4 Å². The number of likely N-dealkylation sites (tertiary alicyclic amines) is 1. The highest BCUT2D eigenvalue weighted by Crippen LogP contribution is 2.41. The fourth-order valence-corrected chi connectivity index (χ4v) is 7.72. The van der Waals surface area contributed by atoms with Crippen molar-refractivity contribution in [1.29, 1.82) is 0 Å². The minimum Gasteiger partial charge on any atom is -0.494 e. The van der Waals surface area contributed by atoms with Gasteiger partial charge in [0.2, 0.25) is 0 Å². The molecule has 3 fully saturated rings. The molecule has 2 aliphatic heterocycles. The molecular formula is C35H35N7O4. The molecule has 2 bridgehead atoms. The number of nitrogens with zero attached hydrogens (tertiary/aromatic N) is 5. The fourth-order valence-electron chi connectivity index (χ4n) is 7.72. The Morgan fingerprint density at radius 3 is 2.72 bits per heavy atom. The number of carbonyl (C=O) groups is 2. The number of nitrogens with two attached hydrogens (primary N) is 1. The number of piperidine rings is 1. The summed E-state index contributed by atoms with van der Waals surface area (Å²) in [6.45, 7) is 1.56. The maximum Gasteiger partial charge on any atom is 0.262 e. The monoisotopic (exact) mass is 617 g/mol. The van der Waals surface area contributed by atoms with Crippen LogP contribution in [0.15, 0.2) is 48.5 Å². The van der Waals surface area contributed by atoms with Crippen molar-refractivity contribution in [3.63, 3.8) is 0 Å². The highest BCUT2D eigenvalue weighted by atomic mass is 16.5. The van der Waals surface area contributed by atoms with Crippen molar-refractivity contribution < 1.29 is 19.1 Å². The van der Waals surface area contributed by atoms with E-state index in [0.29, 0.717) is 46.6 Å². The lowest BCUT2D eigenvalue weighted by molar-refractivity contribution is -0.118. The van der Waals surface area contributed by atoms with E-state index in [4.69, 9.17) is 25.2 Å². The minimum atomic E-state index is -0.157. The predicted octanol–water partition coefficient (Wildman–Crippen LogP) is 4.57. The van der Waals surface area contributed by atoms with Gasteiger partial charge in [0, 0.05) is 48.7 Å². The van der Waals surface area contributed by atoms with E-state index in [9.17, 15) is 9.59 Å². The van der Waals surface area contributed by atoms with Crippen molar-refractivity contribution in [2.75, 3.05) is 25.6 Å². The van der Waals surface area contributed by atoms with Crippen molar-refractivity contribution >= 4 is 39.6 Å². The Balaban J connectivity index is 1.13. The summed E-state index contributed by atoms with van der Waals surface area (Å²) in [5.74, 6) is 2.85. The number of fused-ring (bicyclic) bond motifs is 5. The lowest BCUT2D eigenvalue weighted by Crippen LogP contribution is -2.41. The van der Waals surface area contributed by atoms with Crippen LogP contribution in [0.4, 0.5) is 5.69 Å². The molecule has 11 nitrogen and oxygen atoms in total. The molecule has 2 aromatic carbocycles. The van der Waals surface area contributed by atoms with Gasteiger partial charge < -0.3 is 34.6 Å². The number of ether oxygens (including phenoxy) is 2. The van der Waals surface area contributed by atoms with Crippen LogP contribution in [0.5, 0.6) is 11.5 Å². The van der Waals surface area contributed by atoms with Gasteiger partial charge in [0.05, 0.1) is 29.7 Å². The molecule has 3 N–H and O–H groups in total.